The minimum atomic E-state index is 0.150. The van der Waals surface area contributed by atoms with Gasteiger partial charge in [0.15, 0.2) is 0 Å². The Balaban J connectivity index is 3.14. The third-order valence-corrected chi connectivity index (χ3v) is 1.66. The number of rotatable bonds is 1. The molecule has 54 valence electrons. The van der Waals surface area contributed by atoms with Crippen LogP contribution in [0.15, 0.2) is 18.2 Å². The molecule has 0 aliphatic heterocycles. The van der Waals surface area contributed by atoms with Crippen LogP contribution in [0.5, 0.6) is 5.75 Å². The zero-order valence-corrected chi connectivity index (χ0v) is 6.31. The molecular weight excluding hydrogens is 146 g/mol. The number of hydrogen-bond donors (Lipinski definition) is 3. The highest BCUT2D eigenvalue weighted by Gasteiger charge is 2.00. The Hall–Kier alpha value is -0.830. The molecule has 1 aromatic carbocycles. The lowest BCUT2D eigenvalue weighted by atomic mass is 10.2. The van der Waals surface area contributed by atoms with Crippen molar-refractivity contribution in [3.63, 3.8) is 0 Å². The first-order valence-electron chi connectivity index (χ1n) is 2.93. The molecule has 0 saturated heterocycles. The number of nitrogen functional groups attached to an aromatic ring is 1. The first-order valence-corrected chi connectivity index (χ1v) is 3.56. The van der Waals surface area contributed by atoms with Gasteiger partial charge in [0.25, 0.3) is 0 Å². The molecule has 0 amide bonds. The van der Waals surface area contributed by atoms with E-state index in [1.165, 1.54) is 0 Å². The number of para-hydroxylation sites is 1. The number of phenols is 1. The molecule has 0 aliphatic carbocycles. The third kappa shape index (κ3) is 1.19. The van der Waals surface area contributed by atoms with Gasteiger partial charge in [-0.05, 0) is 6.07 Å². The van der Waals surface area contributed by atoms with Crippen LogP contribution in [0, 0.1) is 0 Å². The topological polar surface area (TPSA) is 46.2 Å². The predicted molar refractivity (Wildman–Crippen MR) is 45.2 cm³/mol. The summed E-state index contributed by atoms with van der Waals surface area (Å²) in [6, 6.07) is 5.24. The molecule has 0 aromatic heterocycles. The van der Waals surface area contributed by atoms with E-state index in [0.717, 1.165) is 5.56 Å². The van der Waals surface area contributed by atoms with Crippen LogP contribution >= 0.6 is 12.6 Å². The zero-order chi connectivity index (χ0) is 7.56. The molecule has 0 saturated carbocycles. The maximum atomic E-state index is 9.22. The van der Waals surface area contributed by atoms with Gasteiger partial charge in [0.2, 0.25) is 0 Å². The fourth-order valence-electron chi connectivity index (χ4n) is 0.739. The molecule has 3 heteroatoms. The summed E-state index contributed by atoms with van der Waals surface area (Å²) >= 11 is 4.01. The van der Waals surface area contributed by atoms with Crippen molar-refractivity contribution >= 4 is 18.3 Å². The number of anilines is 1. The number of hydrogen-bond acceptors (Lipinski definition) is 3. The number of aromatic hydroxyl groups is 1. The molecule has 0 bridgehead atoms. The van der Waals surface area contributed by atoms with Gasteiger partial charge in [-0.2, -0.15) is 12.6 Å². The van der Waals surface area contributed by atoms with Crippen LogP contribution in [0.4, 0.5) is 5.69 Å². The number of benzene rings is 1. The lowest BCUT2D eigenvalue weighted by Crippen LogP contribution is -1.87. The second-order valence-corrected chi connectivity index (χ2v) is 2.33. The quantitative estimate of drug-likeness (QED) is 0.326. The Bertz CT molecular complexity index is 237. The lowest BCUT2D eigenvalue weighted by molar-refractivity contribution is 0.473. The molecule has 1 aromatic rings. The first kappa shape index (κ1) is 7.28. The molecule has 0 heterocycles. The van der Waals surface area contributed by atoms with Gasteiger partial charge >= 0.3 is 0 Å². The number of thiol groups is 1. The molecule has 0 aliphatic rings. The van der Waals surface area contributed by atoms with Gasteiger partial charge in [0.1, 0.15) is 5.75 Å². The summed E-state index contributed by atoms with van der Waals surface area (Å²) in [6.45, 7) is 0. The third-order valence-electron chi connectivity index (χ3n) is 1.32. The second-order valence-electron chi connectivity index (χ2n) is 2.01. The molecular formula is C7H9NOS. The molecule has 0 spiro atoms. The van der Waals surface area contributed by atoms with Gasteiger partial charge < -0.3 is 10.8 Å². The summed E-state index contributed by atoms with van der Waals surface area (Å²) in [7, 11) is 0. The number of phenolic OH excluding ortho intramolecular Hbond substituents is 1. The maximum absolute atomic E-state index is 9.22. The Labute approximate surface area is 65.1 Å². The SMILES string of the molecule is Nc1cccc(CS)c1O. The second kappa shape index (κ2) is 2.84. The molecule has 3 N–H and O–H groups in total. The van der Waals surface area contributed by atoms with Crippen LogP contribution in [0.2, 0.25) is 0 Å². The normalized spacial score (nSPS) is 9.70. The van der Waals surface area contributed by atoms with Gasteiger partial charge in [0.05, 0.1) is 5.69 Å². The smallest absolute Gasteiger partial charge is 0.142 e. The highest BCUT2D eigenvalue weighted by atomic mass is 32.1. The van der Waals surface area contributed by atoms with Crippen molar-refractivity contribution in [2.24, 2.45) is 0 Å². The van der Waals surface area contributed by atoms with Crippen LogP contribution in [0.1, 0.15) is 5.56 Å². The summed E-state index contributed by atoms with van der Waals surface area (Å²) in [4.78, 5) is 0. The van der Waals surface area contributed by atoms with Crippen molar-refractivity contribution in [1.29, 1.82) is 0 Å². The number of nitrogens with two attached hydrogens (primary N) is 1. The monoisotopic (exact) mass is 155 g/mol. The Morgan fingerprint density at radius 1 is 1.50 bits per heavy atom. The minimum Gasteiger partial charge on any atom is -0.505 e. The fraction of sp³-hybridized carbons (Fsp3) is 0.143. The Morgan fingerprint density at radius 3 is 2.70 bits per heavy atom. The van der Waals surface area contributed by atoms with Gasteiger partial charge in [-0.15, -0.1) is 0 Å². The molecule has 0 unspecified atom stereocenters. The highest BCUT2D eigenvalue weighted by Crippen LogP contribution is 2.25. The van der Waals surface area contributed by atoms with Crippen LogP contribution in [0.3, 0.4) is 0 Å². The van der Waals surface area contributed by atoms with Crippen LogP contribution in [0.25, 0.3) is 0 Å². The van der Waals surface area contributed by atoms with Crippen molar-refractivity contribution in [1.82, 2.24) is 0 Å². The first-order chi connectivity index (χ1) is 4.75. The average molecular weight is 155 g/mol. The van der Waals surface area contributed by atoms with Gasteiger partial charge in [0, 0.05) is 11.3 Å². The van der Waals surface area contributed by atoms with E-state index in [-0.39, 0.29) is 5.75 Å². The summed E-state index contributed by atoms with van der Waals surface area (Å²) < 4.78 is 0. The van der Waals surface area contributed by atoms with E-state index in [1.54, 1.807) is 18.2 Å². The van der Waals surface area contributed by atoms with Crippen LogP contribution < -0.4 is 5.73 Å². The van der Waals surface area contributed by atoms with Crippen LogP contribution in [-0.4, -0.2) is 5.11 Å². The van der Waals surface area contributed by atoms with E-state index in [0.29, 0.717) is 11.4 Å². The van der Waals surface area contributed by atoms with Gasteiger partial charge in [-0.25, -0.2) is 0 Å². The van der Waals surface area contributed by atoms with E-state index in [9.17, 15) is 5.11 Å². The van der Waals surface area contributed by atoms with Crippen molar-refractivity contribution in [2.75, 3.05) is 5.73 Å². The summed E-state index contributed by atoms with van der Waals surface area (Å²) in [5.41, 5.74) is 6.59. The molecule has 1 rings (SSSR count). The lowest BCUT2D eigenvalue weighted by Gasteiger charge is -2.01. The van der Waals surface area contributed by atoms with Crippen LogP contribution in [-0.2, 0) is 5.75 Å². The largest absolute Gasteiger partial charge is 0.505 e. The van der Waals surface area contributed by atoms with Crippen molar-refractivity contribution in [3.05, 3.63) is 23.8 Å². The average Bonchev–Trinajstić information content (AvgIpc) is 1.95. The predicted octanol–water partition coefficient (Wildman–Crippen LogP) is 1.40. The Kier molecular flexibility index (Phi) is 2.06. The van der Waals surface area contributed by atoms with Gasteiger partial charge in [-0.3, -0.25) is 0 Å². The summed E-state index contributed by atoms with van der Waals surface area (Å²) in [5.74, 6) is 0.661. The van der Waals surface area contributed by atoms with E-state index in [2.05, 4.69) is 12.6 Å². The van der Waals surface area contributed by atoms with E-state index < -0.39 is 0 Å². The van der Waals surface area contributed by atoms with Crippen molar-refractivity contribution in [3.8, 4) is 5.75 Å². The standard InChI is InChI=1S/C7H9NOS/c8-6-3-1-2-5(4-10)7(6)9/h1-3,9-10H,4,8H2. The molecule has 2 nitrogen and oxygen atoms in total. The minimum absolute atomic E-state index is 0.150. The summed E-state index contributed by atoms with van der Waals surface area (Å²) in [5, 5.41) is 9.22. The molecule has 0 atom stereocenters. The fourth-order valence-corrected chi connectivity index (χ4v) is 0.994. The Morgan fingerprint density at radius 2 is 2.20 bits per heavy atom. The van der Waals surface area contributed by atoms with E-state index in [4.69, 9.17) is 5.73 Å². The van der Waals surface area contributed by atoms with Gasteiger partial charge in [-0.1, -0.05) is 12.1 Å². The highest BCUT2D eigenvalue weighted by molar-refractivity contribution is 7.79. The molecule has 10 heavy (non-hydrogen) atoms. The maximum Gasteiger partial charge on any atom is 0.142 e. The van der Waals surface area contributed by atoms with Crippen molar-refractivity contribution < 1.29 is 5.11 Å². The molecule has 0 radical (unpaired) electrons. The summed E-state index contributed by atoms with van der Waals surface area (Å²) in [6.07, 6.45) is 0. The van der Waals surface area contributed by atoms with E-state index in [1.807, 2.05) is 0 Å². The van der Waals surface area contributed by atoms with E-state index >= 15 is 0 Å². The van der Waals surface area contributed by atoms with Crippen molar-refractivity contribution in [2.45, 2.75) is 5.75 Å². The zero-order valence-electron chi connectivity index (χ0n) is 5.41. The molecule has 0 fully saturated rings.